The fourth-order valence-corrected chi connectivity index (χ4v) is 3.13. The minimum Gasteiger partial charge on any atom is -0.351 e. The Morgan fingerprint density at radius 3 is 2.61 bits per heavy atom. The average Bonchev–Trinajstić information content (AvgIpc) is 2.55. The molecule has 2 amide bonds. The third-order valence-corrected chi connectivity index (χ3v) is 4.90. The molecule has 4 nitrogen and oxygen atoms in total. The molecular formula is C18H26N2O2S. The summed E-state index contributed by atoms with van der Waals surface area (Å²) < 4.78 is 0. The highest BCUT2D eigenvalue weighted by atomic mass is 32.2. The van der Waals surface area contributed by atoms with E-state index in [0.29, 0.717) is 13.0 Å². The molecule has 0 unspecified atom stereocenters. The first-order chi connectivity index (χ1) is 11.0. The smallest absolute Gasteiger partial charge is 0.227 e. The maximum atomic E-state index is 12.5. The third kappa shape index (κ3) is 5.27. The Labute approximate surface area is 143 Å². The Morgan fingerprint density at radius 2 is 2.00 bits per heavy atom. The Morgan fingerprint density at radius 1 is 1.30 bits per heavy atom. The number of hydrogen-bond donors (Lipinski definition) is 1. The molecule has 0 bridgehead atoms. The van der Waals surface area contributed by atoms with E-state index in [0.717, 1.165) is 24.9 Å². The van der Waals surface area contributed by atoms with Gasteiger partial charge in [0.2, 0.25) is 11.8 Å². The maximum absolute atomic E-state index is 12.5. The van der Waals surface area contributed by atoms with Crippen LogP contribution in [0, 0.1) is 5.92 Å². The zero-order chi connectivity index (χ0) is 16.8. The van der Waals surface area contributed by atoms with Gasteiger partial charge >= 0.3 is 0 Å². The third-order valence-electron chi connectivity index (χ3n) is 4.16. The lowest BCUT2D eigenvalue weighted by molar-refractivity contribution is -0.133. The van der Waals surface area contributed by atoms with Gasteiger partial charge in [-0.05, 0) is 36.8 Å². The van der Waals surface area contributed by atoms with Gasteiger partial charge in [-0.1, -0.05) is 26.0 Å². The van der Waals surface area contributed by atoms with Gasteiger partial charge in [0.15, 0.2) is 0 Å². The average molecular weight is 334 g/mol. The predicted molar refractivity (Wildman–Crippen MR) is 94.5 cm³/mol. The predicted octanol–water partition coefficient (Wildman–Crippen LogP) is 2.71. The molecule has 1 aliphatic rings. The molecule has 0 spiro atoms. The molecule has 2 rings (SSSR count). The Bertz CT molecular complexity index is 542. The highest BCUT2D eigenvalue weighted by molar-refractivity contribution is 7.98. The van der Waals surface area contributed by atoms with Crippen molar-refractivity contribution in [3.63, 3.8) is 0 Å². The second kappa shape index (κ2) is 8.39. The number of carbonyl (C=O) groups excluding carboxylic acids is 2. The van der Waals surface area contributed by atoms with E-state index in [1.54, 1.807) is 11.8 Å². The summed E-state index contributed by atoms with van der Waals surface area (Å²) in [6, 6.07) is 8.23. The number of nitrogens with one attached hydrogen (secondary N) is 1. The van der Waals surface area contributed by atoms with E-state index in [9.17, 15) is 9.59 Å². The molecule has 1 aromatic carbocycles. The fraction of sp³-hybridized carbons (Fsp3) is 0.556. The lowest BCUT2D eigenvalue weighted by Gasteiger charge is -2.33. The molecule has 1 heterocycles. The summed E-state index contributed by atoms with van der Waals surface area (Å²) in [5, 5.41) is 3.05. The standard InChI is InChI=1S/C18H26N2O2S/c1-13(2)18(22)19-15-5-4-10-20(12-15)17(21)11-14-6-8-16(23-3)9-7-14/h6-9,13,15H,4-5,10-12H2,1-3H3,(H,19,22)/t15-/m0/s1. The van der Waals surface area contributed by atoms with Crippen LogP contribution in [0.25, 0.3) is 0 Å². The molecule has 1 saturated heterocycles. The largest absolute Gasteiger partial charge is 0.351 e. The summed E-state index contributed by atoms with van der Waals surface area (Å²) in [4.78, 5) is 27.4. The molecule has 0 aliphatic carbocycles. The van der Waals surface area contributed by atoms with Gasteiger partial charge in [-0.3, -0.25) is 9.59 Å². The highest BCUT2D eigenvalue weighted by Crippen LogP contribution is 2.17. The Balaban J connectivity index is 1.89. The number of rotatable bonds is 5. The van der Waals surface area contributed by atoms with Crippen LogP contribution < -0.4 is 5.32 Å². The molecule has 1 N–H and O–H groups in total. The minimum absolute atomic E-state index is 0.0176. The molecule has 0 radical (unpaired) electrons. The van der Waals surface area contributed by atoms with Crippen molar-refractivity contribution in [2.45, 2.75) is 44.0 Å². The lowest BCUT2D eigenvalue weighted by Crippen LogP contribution is -2.50. The zero-order valence-corrected chi connectivity index (χ0v) is 15.0. The van der Waals surface area contributed by atoms with Crippen molar-refractivity contribution in [2.24, 2.45) is 5.92 Å². The van der Waals surface area contributed by atoms with Crippen molar-refractivity contribution in [2.75, 3.05) is 19.3 Å². The number of nitrogens with zero attached hydrogens (tertiary/aromatic N) is 1. The van der Waals surface area contributed by atoms with Crippen molar-refractivity contribution in [1.82, 2.24) is 10.2 Å². The number of carbonyl (C=O) groups is 2. The van der Waals surface area contributed by atoms with Gasteiger partial charge in [-0.15, -0.1) is 11.8 Å². The number of benzene rings is 1. The molecule has 1 aliphatic heterocycles. The molecule has 1 aromatic rings. The Hall–Kier alpha value is -1.49. The van der Waals surface area contributed by atoms with Crippen LogP contribution in [-0.4, -0.2) is 42.1 Å². The molecule has 126 valence electrons. The minimum atomic E-state index is -0.0176. The van der Waals surface area contributed by atoms with Crippen molar-refractivity contribution in [1.29, 1.82) is 0 Å². The SMILES string of the molecule is CSc1ccc(CC(=O)N2CCC[C@H](NC(=O)C(C)C)C2)cc1. The van der Waals surface area contributed by atoms with Crippen LogP contribution in [0.3, 0.4) is 0 Å². The van der Waals surface area contributed by atoms with Gasteiger partial charge in [0.1, 0.15) is 0 Å². The first kappa shape index (κ1) is 17.9. The van der Waals surface area contributed by atoms with Crippen LogP contribution in [0.15, 0.2) is 29.2 Å². The first-order valence-corrected chi connectivity index (χ1v) is 9.43. The van der Waals surface area contributed by atoms with Gasteiger partial charge in [0, 0.05) is 29.9 Å². The highest BCUT2D eigenvalue weighted by Gasteiger charge is 2.25. The molecule has 23 heavy (non-hydrogen) atoms. The summed E-state index contributed by atoms with van der Waals surface area (Å²) >= 11 is 1.70. The second-order valence-electron chi connectivity index (χ2n) is 6.37. The number of thioether (sulfide) groups is 1. The summed E-state index contributed by atoms with van der Waals surface area (Å²) in [6.45, 7) is 5.19. The van der Waals surface area contributed by atoms with Crippen LogP contribution in [-0.2, 0) is 16.0 Å². The monoisotopic (exact) mass is 334 g/mol. The molecule has 1 atom stereocenters. The number of piperidine rings is 1. The van der Waals surface area contributed by atoms with E-state index < -0.39 is 0 Å². The van der Waals surface area contributed by atoms with Crippen molar-refractivity contribution in [3.8, 4) is 0 Å². The number of likely N-dealkylation sites (tertiary alicyclic amines) is 1. The van der Waals surface area contributed by atoms with Crippen molar-refractivity contribution in [3.05, 3.63) is 29.8 Å². The number of hydrogen-bond acceptors (Lipinski definition) is 3. The van der Waals surface area contributed by atoms with E-state index >= 15 is 0 Å². The van der Waals surface area contributed by atoms with Crippen LogP contribution in [0.2, 0.25) is 0 Å². The van der Waals surface area contributed by atoms with E-state index in [-0.39, 0.29) is 23.8 Å². The van der Waals surface area contributed by atoms with Crippen molar-refractivity contribution >= 4 is 23.6 Å². The first-order valence-electron chi connectivity index (χ1n) is 8.20. The topological polar surface area (TPSA) is 49.4 Å². The van der Waals surface area contributed by atoms with Gasteiger partial charge in [0.25, 0.3) is 0 Å². The quantitative estimate of drug-likeness (QED) is 0.842. The summed E-state index contributed by atoms with van der Waals surface area (Å²) in [6.07, 6.45) is 4.36. The molecule has 0 aromatic heterocycles. The summed E-state index contributed by atoms with van der Waals surface area (Å²) in [5.41, 5.74) is 1.04. The molecule has 0 saturated carbocycles. The van der Waals surface area contributed by atoms with Crippen LogP contribution in [0.1, 0.15) is 32.3 Å². The van der Waals surface area contributed by atoms with Gasteiger partial charge in [0.05, 0.1) is 6.42 Å². The molecular weight excluding hydrogens is 308 g/mol. The van der Waals surface area contributed by atoms with Gasteiger partial charge in [-0.2, -0.15) is 0 Å². The maximum Gasteiger partial charge on any atom is 0.227 e. The van der Waals surface area contributed by atoms with E-state index in [4.69, 9.17) is 0 Å². The van der Waals surface area contributed by atoms with Crippen LogP contribution >= 0.6 is 11.8 Å². The zero-order valence-electron chi connectivity index (χ0n) is 14.2. The molecule has 5 heteroatoms. The fourth-order valence-electron chi connectivity index (χ4n) is 2.72. The van der Waals surface area contributed by atoms with Gasteiger partial charge in [-0.25, -0.2) is 0 Å². The van der Waals surface area contributed by atoms with Crippen LogP contribution in [0.4, 0.5) is 0 Å². The number of amides is 2. The second-order valence-corrected chi connectivity index (χ2v) is 7.25. The lowest BCUT2D eigenvalue weighted by atomic mass is 10.0. The van der Waals surface area contributed by atoms with E-state index in [1.165, 1.54) is 4.90 Å². The Kier molecular flexibility index (Phi) is 6.51. The van der Waals surface area contributed by atoms with E-state index in [2.05, 4.69) is 17.4 Å². The summed E-state index contributed by atoms with van der Waals surface area (Å²) in [7, 11) is 0. The molecule has 1 fully saturated rings. The van der Waals surface area contributed by atoms with Crippen LogP contribution in [0.5, 0.6) is 0 Å². The normalized spacial score (nSPS) is 18.1. The van der Waals surface area contributed by atoms with Crippen molar-refractivity contribution < 1.29 is 9.59 Å². The van der Waals surface area contributed by atoms with Gasteiger partial charge < -0.3 is 10.2 Å². The summed E-state index contributed by atoms with van der Waals surface area (Å²) in [5.74, 6) is 0.193. The van der Waals surface area contributed by atoms with E-state index in [1.807, 2.05) is 37.1 Å².